The second kappa shape index (κ2) is 48.3. The topological polar surface area (TPSA) is 356 Å². The number of anilines is 1. The van der Waals surface area contributed by atoms with Gasteiger partial charge in [-0.25, -0.2) is 28.4 Å². The lowest BCUT2D eigenvalue weighted by atomic mass is 9.90. The fourth-order valence-corrected chi connectivity index (χ4v) is 18.3. The molecule has 15 aromatic rings. The van der Waals surface area contributed by atoms with Crippen LogP contribution in [0.15, 0.2) is 371 Å². The summed E-state index contributed by atoms with van der Waals surface area (Å²) in [4.78, 5) is 64.3. The van der Waals surface area contributed by atoms with Crippen molar-refractivity contribution in [2.24, 2.45) is 65.8 Å². The number of guanidine groups is 4. The number of hydrogen-bond acceptors (Lipinski definition) is 10. The Labute approximate surface area is 806 Å². The Morgan fingerprint density at radius 2 is 0.791 bits per heavy atom. The molecule has 0 unspecified atom stereocenters. The third kappa shape index (κ3) is 28.7. The Morgan fingerprint density at radius 3 is 1.31 bits per heavy atom. The number of amides is 3. The molecule has 134 heavy (non-hydrogen) atoms. The molecule has 15 rings (SSSR count). The number of nitrogens with two attached hydrogens (primary N) is 8. The van der Waals surface area contributed by atoms with Gasteiger partial charge in [0.05, 0.1) is 59.8 Å². The van der Waals surface area contributed by atoms with E-state index in [1.165, 1.54) is 24.8 Å². The van der Waals surface area contributed by atoms with E-state index in [2.05, 4.69) is 89.3 Å². The number of benzene rings is 14. The number of aryl methyl sites for hydroxylation is 1. The maximum absolute atomic E-state index is 14.0. The van der Waals surface area contributed by atoms with E-state index < -0.39 is 10.0 Å². The predicted octanol–water partition coefficient (Wildman–Crippen LogP) is 20.8. The Morgan fingerprint density at radius 1 is 0.358 bits per heavy atom. The highest BCUT2D eigenvalue weighted by Gasteiger charge is 2.29. The smallest absolute Gasteiger partial charge is 0.258 e. The third-order valence-corrected chi connectivity index (χ3v) is 26.1. The SMILES string of the molecule is CC(C)c1ccc(S(=O)(=O)N(Cc2ccc(Cl)cc2)Cc2ccc(CN=C(N)N)cc2)cc1.Cc1c(CN(Cc2ccc(CN=C(N)N)cc2)C(=O)c2ccccc2)sc2ccccc12.NC(N)=NCc1cccc(CN(CC(c2ccccc2)c2ccccc2)C(=O)c2c(Cl)cccc2Cl)c1.NC(N)=NCc1cccc(N(Cc2ccc(Cl)cc2)C(=O)c2ccc3ccccc3c2)c1. The molecule has 0 radical (unpaired) electrons. The van der Waals surface area contributed by atoms with E-state index in [1.54, 1.807) is 63.6 Å². The first-order valence-electron chi connectivity index (χ1n) is 43.2. The van der Waals surface area contributed by atoms with Crippen molar-refractivity contribution in [2.75, 3.05) is 11.4 Å². The van der Waals surface area contributed by atoms with Crippen molar-refractivity contribution in [2.45, 2.75) is 103 Å². The second-order valence-electron chi connectivity index (χ2n) is 32.1. The Kier molecular flexibility index (Phi) is 35.7. The van der Waals surface area contributed by atoms with Crippen LogP contribution in [-0.4, -0.2) is 70.6 Å². The molecule has 0 fully saturated rings. The van der Waals surface area contributed by atoms with Gasteiger partial charge in [-0.15, -0.1) is 11.3 Å². The van der Waals surface area contributed by atoms with Gasteiger partial charge in [-0.1, -0.05) is 315 Å². The van der Waals surface area contributed by atoms with Crippen LogP contribution in [0.5, 0.6) is 0 Å². The molecule has 0 spiro atoms. The molecule has 1 heterocycles. The van der Waals surface area contributed by atoms with Crippen molar-refractivity contribution in [3.63, 3.8) is 0 Å². The van der Waals surface area contributed by atoms with Gasteiger partial charge >= 0.3 is 0 Å². The van der Waals surface area contributed by atoms with Gasteiger partial charge in [-0.2, -0.15) is 4.31 Å². The fraction of sp³-hybridized carbons (Fsp3) is 0.150. The molecule has 0 aliphatic carbocycles. The van der Waals surface area contributed by atoms with Gasteiger partial charge in [0.15, 0.2) is 23.8 Å². The summed E-state index contributed by atoms with van der Waals surface area (Å²) in [6.07, 6.45) is 0. The van der Waals surface area contributed by atoms with Crippen LogP contribution < -0.4 is 50.8 Å². The molecule has 684 valence electrons. The summed E-state index contributed by atoms with van der Waals surface area (Å²) in [5, 5.41) is 5.26. The number of thiophene rings is 1. The average Bonchev–Trinajstić information content (AvgIpc) is 1.74. The van der Waals surface area contributed by atoms with Gasteiger partial charge in [0, 0.05) is 75.1 Å². The molecular formula is C107H106Cl4N16O5S2. The molecule has 14 aromatic carbocycles. The third-order valence-electron chi connectivity index (χ3n) is 22.0. The van der Waals surface area contributed by atoms with E-state index in [0.717, 1.165) is 83.2 Å². The quantitative estimate of drug-likeness (QED) is 0.0148. The lowest BCUT2D eigenvalue weighted by Crippen LogP contribution is -2.35. The van der Waals surface area contributed by atoms with Crippen molar-refractivity contribution in [1.29, 1.82) is 0 Å². The molecule has 16 N–H and O–H groups in total. The molecule has 21 nitrogen and oxygen atoms in total. The number of carbonyl (C=O) groups is 3. The zero-order chi connectivity index (χ0) is 95.2. The lowest BCUT2D eigenvalue weighted by molar-refractivity contribution is 0.0727. The maximum atomic E-state index is 14.0. The molecule has 0 aliphatic heterocycles. The van der Waals surface area contributed by atoms with Crippen LogP contribution in [0.1, 0.15) is 134 Å². The maximum Gasteiger partial charge on any atom is 0.258 e. The number of fused-ring (bicyclic) bond motifs is 2. The van der Waals surface area contributed by atoms with Crippen molar-refractivity contribution in [3.8, 4) is 0 Å². The van der Waals surface area contributed by atoms with Gasteiger partial charge in [0.25, 0.3) is 17.7 Å². The highest BCUT2D eigenvalue weighted by Crippen LogP contribution is 2.36. The van der Waals surface area contributed by atoms with Gasteiger partial charge in [-0.05, 0) is 192 Å². The predicted molar refractivity (Wildman–Crippen MR) is 551 cm³/mol. The minimum atomic E-state index is -3.74. The van der Waals surface area contributed by atoms with E-state index in [0.29, 0.717) is 102 Å². The molecule has 27 heteroatoms. The standard InChI is InChI=1S/C30H28Cl2N4O.C26H23ClN4O.C26H26N4OS.C25H29ClN4O2S/c31-26-15-8-16-27(32)28(26)29(37)36(19-22-10-7-9-21(17-22)18-35-30(33)34)20-25(23-11-3-1-4-12-23)24-13-5-2-6-14-24;27-23-12-8-18(9-13-23)17-31(24-7-3-4-19(14-24)16-30-26(28)29)25(32)22-11-10-20-5-1-2-6-21(20)15-22;1-18-22-9-5-6-10-23(22)32-24(18)17-30(25(31)21-7-3-2-4-8-21)16-20-13-11-19(12-14-20)15-29-26(27)28;1-18(2)22-9-13-24(14-10-22)33(31,32)30(17-21-7-11-23(26)12-8-21)16-20-5-3-19(4-6-20)15-29-25(27)28/h1-17,25H,18-20H2,(H4,33,34,35);1-15H,16-17H2,(H4,28,29,30);2-14H,15-17H2,1H3,(H4,27,28,29);3-14,18H,15-17H2,1-2H3,(H4,27,28,29). The van der Waals surface area contributed by atoms with E-state index >= 15 is 0 Å². The second-order valence-corrected chi connectivity index (χ2v) is 36.9. The van der Waals surface area contributed by atoms with E-state index in [-0.39, 0.29) is 65.5 Å². The molecule has 3 amide bonds. The summed E-state index contributed by atoms with van der Waals surface area (Å²) in [7, 11) is -3.74. The number of nitrogens with zero attached hydrogens (tertiary/aromatic N) is 8. The molecule has 0 atom stereocenters. The summed E-state index contributed by atoms with van der Waals surface area (Å²) in [5.41, 5.74) is 59.0. The normalized spacial score (nSPS) is 11.0. The van der Waals surface area contributed by atoms with E-state index in [4.69, 9.17) is 92.3 Å². The van der Waals surface area contributed by atoms with Crippen LogP contribution in [0, 0.1) is 6.92 Å². The minimum Gasteiger partial charge on any atom is -0.370 e. The number of carbonyl (C=O) groups excluding carboxylic acids is 3. The van der Waals surface area contributed by atoms with Crippen LogP contribution in [0.4, 0.5) is 5.69 Å². The van der Waals surface area contributed by atoms with Gasteiger partial charge < -0.3 is 60.6 Å². The molecule has 0 aliphatic rings. The van der Waals surface area contributed by atoms with Crippen LogP contribution >= 0.6 is 57.7 Å². The number of hydrogen-bond donors (Lipinski definition) is 8. The van der Waals surface area contributed by atoms with Gasteiger partial charge in [0.2, 0.25) is 10.0 Å². The summed E-state index contributed by atoms with van der Waals surface area (Å²) in [6, 6.07) is 110. The van der Waals surface area contributed by atoms with Crippen molar-refractivity contribution >= 4 is 136 Å². The molecule has 0 saturated carbocycles. The first kappa shape index (κ1) is 98.9. The largest absolute Gasteiger partial charge is 0.370 e. The summed E-state index contributed by atoms with van der Waals surface area (Å²) in [6.45, 7) is 10.5. The fourth-order valence-electron chi connectivity index (χ4n) is 14.8. The first-order chi connectivity index (χ1) is 64.6. The number of halogens is 4. The van der Waals surface area contributed by atoms with Crippen molar-refractivity contribution in [3.05, 3.63) is 460 Å². The van der Waals surface area contributed by atoms with Gasteiger partial charge in [-0.3, -0.25) is 14.4 Å². The minimum absolute atomic E-state index is 0.0204. The Hall–Kier alpha value is -14.1. The lowest BCUT2D eigenvalue weighted by Gasteiger charge is -2.29. The van der Waals surface area contributed by atoms with E-state index in [1.807, 2.05) is 260 Å². The number of sulfonamides is 1. The van der Waals surface area contributed by atoms with Gasteiger partial charge in [0.1, 0.15) is 0 Å². The summed E-state index contributed by atoms with van der Waals surface area (Å²) < 4.78 is 29.9. The van der Waals surface area contributed by atoms with Crippen LogP contribution in [-0.2, 0) is 75.5 Å². The number of aliphatic imine (C=N–C) groups is 4. The average molecular weight is 1900 g/mol. The first-order valence-corrected chi connectivity index (χ1v) is 46.9. The Balaban J connectivity index is 0.000000161. The van der Waals surface area contributed by atoms with Crippen LogP contribution in [0.25, 0.3) is 20.9 Å². The Bertz CT molecular complexity index is 6650. The molecule has 1 aromatic heterocycles. The van der Waals surface area contributed by atoms with E-state index in [9.17, 15) is 22.8 Å². The molecule has 0 saturated heterocycles. The zero-order valence-electron chi connectivity index (χ0n) is 74.4. The molecular weight excluding hydrogens is 1800 g/mol. The zero-order valence-corrected chi connectivity index (χ0v) is 79.1. The van der Waals surface area contributed by atoms with Crippen LogP contribution in [0.3, 0.4) is 0 Å². The molecule has 0 bridgehead atoms. The van der Waals surface area contributed by atoms with Crippen LogP contribution in [0.2, 0.25) is 20.1 Å². The monoisotopic (exact) mass is 1900 g/mol. The summed E-state index contributed by atoms with van der Waals surface area (Å²) >= 11 is 26.7. The number of rotatable bonds is 31. The summed E-state index contributed by atoms with van der Waals surface area (Å²) in [5.74, 6) is 0.126. The highest BCUT2D eigenvalue weighted by molar-refractivity contribution is 7.89. The van der Waals surface area contributed by atoms with Crippen molar-refractivity contribution < 1.29 is 22.8 Å². The van der Waals surface area contributed by atoms with Crippen molar-refractivity contribution in [1.82, 2.24) is 14.1 Å². The highest BCUT2D eigenvalue weighted by atomic mass is 35.5.